The minimum Gasteiger partial charge on any atom is -0.369 e. The molecule has 2 fully saturated rings. The van der Waals surface area contributed by atoms with Gasteiger partial charge < -0.3 is 14.7 Å². The number of nitro groups is 1. The molecule has 164 valence electrons. The van der Waals surface area contributed by atoms with Crippen molar-refractivity contribution in [2.75, 3.05) is 49.1 Å². The summed E-state index contributed by atoms with van der Waals surface area (Å²) in [4.78, 5) is 29.6. The Morgan fingerprint density at radius 2 is 1.58 bits per heavy atom. The molecule has 0 aliphatic carbocycles. The predicted octanol–water partition coefficient (Wildman–Crippen LogP) is 4.45. The van der Waals surface area contributed by atoms with E-state index in [1.54, 1.807) is 17.0 Å². The molecule has 1 amide bonds. The number of carbonyl (C=O) groups is 1. The van der Waals surface area contributed by atoms with Gasteiger partial charge in [-0.05, 0) is 53.4 Å². The third-order valence-corrected chi connectivity index (χ3v) is 6.64. The molecule has 0 atom stereocenters. The van der Waals surface area contributed by atoms with E-state index in [2.05, 4.69) is 15.9 Å². The molecular formula is C22H24BrFN4O3. The van der Waals surface area contributed by atoms with Gasteiger partial charge in [0.05, 0.1) is 22.2 Å². The van der Waals surface area contributed by atoms with Gasteiger partial charge in [-0.25, -0.2) is 4.39 Å². The summed E-state index contributed by atoms with van der Waals surface area (Å²) in [5, 5.41) is 11.6. The first-order chi connectivity index (χ1) is 15.0. The number of piperazine rings is 1. The molecule has 2 heterocycles. The summed E-state index contributed by atoms with van der Waals surface area (Å²) in [7, 11) is 0. The average Bonchev–Trinajstić information content (AvgIpc) is 2.79. The average molecular weight is 491 g/mol. The van der Waals surface area contributed by atoms with Crippen LogP contribution in [-0.2, 0) is 0 Å². The summed E-state index contributed by atoms with van der Waals surface area (Å²) in [6.07, 6.45) is 3.09. The van der Waals surface area contributed by atoms with E-state index in [0.29, 0.717) is 43.1 Å². The Balaban J connectivity index is 1.55. The molecule has 0 unspecified atom stereocenters. The molecule has 7 nitrogen and oxygen atoms in total. The van der Waals surface area contributed by atoms with Crippen LogP contribution in [0.4, 0.5) is 21.5 Å². The highest BCUT2D eigenvalue weighted by Crippen LogP contribution is 2.36. The number of halogens is 2. The number of hydrogen-bond donors (Lipinski definition) is 0. The third kappa shape index (κ3) is 4.51. The van der Waals surface area contributed by atoms with E-state index >= 15 is 0 Å². The maximum atomic E-state index is 14.7. The summed E-state index contributed by atoms with van der Waals surface area (Å²) < 4.78 is 15.5. The smallest absolute Gasteiger partial charge is 0.295 e. The van der Waals surface area contributed by atoms with Crippen molar-refractivity contribution in [3.8, 4) is 0 Å². The number of anilines is 2. The number of nitro benzene ring substituents is 1. The molecule has 0 saturated carbocycles. The van der Waals surface area contributed by atoms with Crippen LogP contribution < -0.4 is 9.80 Å². The van der Waals surface area contributed by atoms with Crippen LogP contribution in [0.2, 0.25) is 0 Å². The molecule has 4 rings (SSSR count). The quantitative estimate of drug-likeness (QED) is 0.467. The zero-order chi connectivity index (χ0) is 22.0. The summed E-state index contributed by atoms with van der Waals surface area (Å²) >= 11 is 3.42. The van der Waals surface area contributed by atoms with Crippen LogP contribution in [0.3, 0.4) is 0 Å². The van der Waals surface area contributed by atoms with Crippen LogP contribution in [0.5, 0.6) is 0 Å². The monoisotopic (exact) mass is 490 g/mol. The standard InChI is InChI=1S/C22H24BrFN4O3/c23-17-7-3-2-6-16(17)22(29)27-12-10-26(11-13-27)20-15-19(25-8-4-1-5-9-25)18(24)14-21(20)28(30)31/h2-3,6-7,14-15H,1,4-5,8-13H2. The largest absolute Gasteiger partial charge is 0.369 e. The van der Waals surface area contributed by atoms with Crippen LogP contribution in [-0.4, -0.2) is 55.0 Å². The SMILES string of the molecule is O=C(c1ccccc1Br)N1CCN(c2cc(N3CCCCC3)c(F)cc2[N+](=O)[O-])CC1. The van der Waals surface area contributed by atoms with Crippen LogP contribution in [0.15, 0.2) is 40.9 Å². The molecule has 2 aliphatic rings. The van der Waals surface area contributed by atoms with Crippen molar-refractivity contribution in [2.45, 2.75) is 19.3 Å². The van der Waals surface area contributed by atoms with Gasteiger partial charge in [0.2, 0.25) is 0 Å². The molecule has 2 saturated heterocycles. The van der Waals surface area contributed by atoms with Crippen molar-refractivity contribution < 1.29 is 14.1 Å². The number of rotatable bonds is 4. The van der Waals surface area contributed by atoms with E-state index in [1.165, 1.54) is 0 Å². The van der Waals surface area contributed by atoms with Crippen molar-refractivity contribution in [1.29, 1.82) is 0 Å². The van der Waals surface area contributed by atoms with E-state index in [0.717, 1.165) is 42.9 Å². The fourth-order valence-corrected chi connectivity index (χ4v) is 4.73. The number of amides is 1. The lowest BCUT2D eigenvalue weighted by Gasteiger charge is -2.37. The summed E-state index contributed by atoms with van der Waals surface area (Å²) in [6, 6.07) is 9.93. The highest BCUT2D eigenvalue weighted by molar-refractivity contribution is 9.10. The highest BCUT2D eigenvalue weighted by Gasteiger charge is 2.29. The van der Waals surface area contributed by atoms with Gasteiger partial charge in [0.25, 0.3) is 11.6 Å². The van der Waals surface area contributed by atoms with Crippen LogP contribution in [0.1, 0.15) is 29.6 Å². The molecule has 0 N–H and O–H groups in total. The number of piperidine rings is 1. The molecule has 9 heteroatoms. The summed E-state index contributed by atoms with van der Waals surface area (Å²) in [5.41, 5.74) is 1.20. The van der Waals surface area contributed by atoms with Crippen LogP contribution in [0, 0.1) is 15.9 Å². The molecule has 2 aromatic carbocycles. The first-order valence-corrected chi connectivity index (χ1v) is 11.3. The van der Waals surface area contributed by atoms with Gasteiger partial charge in [-0.3, -0.25) is 14.9 Å². The fraction of sp³-hybridized carbons (Fsp3) is 0.409. The predicted molar refractivity (Wildman–Crippen MR) is 121 cm³/mol. The Morgan fingerprint density at radius 3 is 2.23 bits per heavy atom. The Morgan fingerprint density at radius 1 is 0.935 bits per heavy atom. The molecule has 0 radical (unpaired) electrons. The fourth-order valence-electron chi connectivity index (χ4n) is 4.27. The number of hydrogen-bond acceptors (Lipinski definition) is 5. The Labute approximate surface area is 188 Å². The van der Waals surface area contributed by atoms with E-state index in [-0.39, 0.29) is 11.6 Å². The second-order valence-electron chi connectivity index (χ2n) is 7.86. The lowest BCUT2D eigenvalue weighted by Crippen LogP contribution is -2.49. The molecule has 0 bridgehead atoms. The first kappa shape index (κ1) is 21.5. The summed E-state index contributed by atoms with van der Waals surface area (Å²) in [6.45, 7) is 3.27. The molecule has 2 aliphatic heterocycles. The van der Waals surface area contributed by atoms with Crippen molar-refractivity contribution in [1.82, 2.24) is 4.90 Å². The molecule has 0 spiro atoms. The van der Waals surface area contributed by atoms with Crippen LogP contribution in [0.25, 0.3) is 0 Å². The number of nitrogens with zero attached hydrogens (tertiary/aromatic N) is 4. The topological polar surface area (TPSA) is 69.9 Å². The maximum absolute atomic E-state index is 14.7. The lowest BCUT2D eigenvalue weighted by atomic mass is 10.1. The van der Waals surface area contributed by atoms with Gasteiger partial charge in [-0.15, -0.1) is 0 Å². The van der Waals surface area contributed by atoms with E-state index in [4.69, 9.17) is 0 Å². The molecule has 0 aromatic heterocycles. The second-order valence-corrected chi connectivity index (χ2v) is 8.71. The molecule has 31 heavy (non-hydrogen) atoms. The number of carbonyl (C=O) groups excluding carboxylic acids is 1. The van der Waals surface area contributed by atoms with Gasteiger partial charge in [-0.2, -0.15) is 0 Å². The maximum Gasteiger partial charge on any atom is 0.295 e. The van der Waals surface area contributed by atoms with Gasteiger partial charge in [0.1, 0.15) is 5.69 Å². The van der Waals surface area contributed by atoms with E-state index in [9.17, 15) is 19.3 Å². The Bertz CT molecular complexity index is 989. The normalized spacial score (nSPS) is 17.0. The zero-order valence-corrected chi connectivity index (χ0v) is 18.7. The van der Waals surface area contributed by atoms with Crippen molar-refractivity contribution in [3.63, 3.8) is 0 Å². The van der Waals surface area contributed by atoms with Gasteiger partial charge in [-0.1, -0.05) is 12.1 Å². The van der Waals surface area contributed by atoms with Gasteiger partial charge >= 0.3 is 0 Å². The minimum absolute atomic E-state index is 0.0743. The van der Waals surface area contributed by atoms with E-state index < -0.39 is 10.7 Å². The van der Waals surface area contributed by atoms with E-state index in [1.807, 2.05) is 28.0 Å². The first-order valence-electron chi connectivity index (χ1n) is 10.5. The molecule has 2 aromatic rings. The van der Waals surface area contributed by atoms with Gasteiger partial charge in [0.15, 0.2) is 5.82 Å². The Kier molecular flexibility index (Phi) is 6.41. The van der Waals surface area contributed by atoms with Crippen LogP contribution >= 0.6 is 15.9 Å². The molecular weight excluding hydrogens is 467 g/mol. The third-order valence-electron chi connectivity index (χ3n) is 5.95. The van der Waals surface area contributed by atoms with Crippen molar-refractivity contribution in [2.24, 2.45) is 0 Å². The van der Waals surface area contributed by atoms with Crippen molar-refractivity contribution >= 4 is 38.9 Å². The van der Waals surface area contributed by atoms with Gasteiger partial charge in [0, 0.05) is 43.7 Å². The summed E-state index contributed by atoms with van der Waals surface area (Å²) in [5.74, 6) is -0.630. The second kappa shape index (κ2) is 9.21. The number of benzene rings is 2. The van der Waals surface area contributed by atoms with Crippen molar-refractivity contribution in [3.05, 3.63) is 62.4 Å². The zero-order valence-electron chi connectivity index (χ0n) is 17.1. The lowest BCUT2D eigenvalue weighted by molar-refractivity contribution is -0.384. The highest BCUT2D eigenvalue weighted by atomic mass is 79.9. The minimum atomic E-state index is -0.555. The Hall–Kier alpha value is -2.68.